The summed E-state index contributed by atoms with van der Waals surface area (Å²) < 4.78 is 62.2. The molecule has 1 aromatic heterocycles. The lowest BCUT2D eigenvalue weighted by molar-refractivity contribution is -0.274. The molecule has 1 unspecified atom stereocenters. The molecule has 1 heterocycles. The Hall–Kier alpha value is -2.91. The maximum absolute atomic E-state index is 12.3. The summed E-state index contributed by atoms with van der Waals surface area (Å²) in [4.78, 5) is 4.15. The van der Waals surface area contributed by atoms with Crippen molar-refractivity contribution < 1.29 is 26.7 Å². The second-order valence-electron chi connectivity index (χ2n) is 5.87. The van der Waals surface area contributed by atoms with Crippen LogP contribution in [0.15, 0.2) is 60.8 Å². The number of aromatic nitrogens is 1. The van der Waals surface area contributed by atoms with Crippen LogP contribution in [0.1, 0.15) is 5.56 Å². The summed E-state index contributed by atoms with van der Waals surface area (Å²) in [6.45, 7) is 0. The minimum absolute atomic E-state index is 0.0716. The van der Waals surface area contributed by atoms with Gasteiger partial charge in [-0.25, -0.2) is 4.98 Å². The van der Waals surface area contributed by atoms with Gasteiger partial charge in [-0.2, -0.15) is 0 Å². The van der Waals surface area contributed by atoms with Crippen LogP contribution < -0.4 is 10.5 Å². The highest BCUT2D eigenvalue weighted by Gasteiger charge is 2.31. The van der Waals surface area contributed by atoms with Gasteiger partial charge in [0.1, 0.15) is 11.6 Å². The molecule has 0 radical (unpaired) electrons. The lowest BCUT2D eigenvalue weighted by Gasteiger charge is -2.11. The van der Waals surface area contributed by atoms with Gasteiger partial charge < -0.3 is 15.0 Å². The number of pyridine rings is 1. The van der Waals surface area contributed by atoms with Crippen LogP contribution in [0.5, 0.6) is 5.75 Å². The number of halogens is 3. The van der Waals surface area contributed by atoms with E-state index in [2.05, 4.69) is 9.72 Å². The smallest absolute Gasteiger partial charge is 0.573 e. The third kappa shape index (κ3) is 5.08. The molecule has 0 bridgehead atoms. The molecule has 0 aliphatic carbocycles. The number of ether oxygens (including phenoxy) is 1. The first kappa shape index (κ1) is 19.8. The molecule has 0 amide bonds. The molecular formula is C19H14F3N2O3S-. The molecule has 0 aliphatic heterocycles. The Morgan fingerprint density at radius 1 is 1.00 bits per heavy atom. The van der Waals surface area contributed by atoms with Crippen molar-refractivity contribution in [2.24, 2.45) is 0 Å². The van der Waals surface area contributed by atoms with Crippen molar-refractivity contribution in [1.82, 2.24) is 4.98 Å². The highest BCUT2D eigenvalue weighted by Crippen LogP contribution is 2.32. The Kier molecular flexibility index (Phi) is 5.66. The van der Waals surface area contributed by atoms with Crippen molar-refractivity contribution in [2.45, 2.75) is 12.1 Å². The molecule has 28 heavy (non-hydrogen) atoms. The summed E-state index contributed by atoms with van der Waals surface area (Å²) in [5.74, 6) is -0.172. The molecule has 0 saturated heterocycles. The van der Waals surface area contributed by atoms with Gasteiger partial charge in [-0.15, -0.1) is 13.2 Å². The van der Waals surface area contributed by atoms with Gasteiger partial charge in [0.05, 0.1) is 0 Å². The van der Waals surface area contributed by atoms with Gasteiger partial charge in [-0.05, 0) is 34.9 Å². The van der Waals surface area contributed by atoms with Crippen LogP contribution in [0.25, 0.3) is 22.3 Å². The Balaban J connectivity index is 1.88. The van der Waals surface area contributed by atoms with Gasteiger partial charge >= 0.3 is 6.36 Å². The summed E-state index contributed by atoms with van der Waals surface area (Å²) in [5, 5.41) is 0. The van der Waals surface area contributed by atoms with Gasteiger partial charge in [0.15, 0.2) is 0 Å². The van der Waals surface area contributed by atoms with E-state index in [0.717, 1.165) is 11.1 Å². The molecule has 2 N–H and O–H groups in total. The van der Waals surface area contributed by atoms with E-state index in [1.165, 1.54) is 24.3 Å². The molecule has 3 aromatic rings. The van der Waals surface area contributed by atoms with E-state index in [-0.39, 0.29) is 17.3 Å². The quantitative estimate of drug-likeness (QED) is 0.638. The first-order valence-corrected chi connectivity index (χ1v) is 9.22. The normalized spacial score (nSPS) is 12.6. The number of anilines is 1. The fourth-order valence-electron chi connectivity index (χ4n) is 2.63. The number of nitrogen functional groups attached to an aromatic ring is 1. The zero-order valence-electron chi connectivity index (χ0n) is 14.3. The first-order chi connectivity index (χ1) is 13.2. The molecule has 5 nitrogen and oxygen atoms in total. The molecule has 0 aliphatic rings. The van der Waals surface area contributed by atoms with E-state index in [9.17, 15) is 21.9 Å². The Morgan fingerprint density at radius 3 is 2.18 bits per heavy atom. The zero-order chi connectivity index (χ0) is 20.3. The molecule has 9 heteroatoms. The van der Waals surface area contributed by atoms with Crippen LogP contribution >= 0.6 is 0 Å². The van der Waals surface area contributed by atoms with Crippen LogP contribution in [0.2, 0.25) is 0 Å². The number of hydrogen-bond donors (Lipinski definition) is 1. The van der Waals surface area contributed by atoms with E-state index >= 15 is 0 Å². The maximum atomic E-state index is 12.3. The van der Waals surface area contributed by atoms with Gasteiger partial charge in [-0.3, -0.25) is 4.21 Å². The summed E-state index contributed by atoms with van der Waals surface area (Å²) in [6.07, 6.45) is -3.19. The fraction of sp³-hybridized carbons (Fsp3) is 0.105. The molecule has 146 valence electrons. The van der Waals surface area contributed by atoms with Crippen molar-refractivity contribution >= 4 is 16.9 Å². The Labute approximate surface area is 161 Å². The number of nitrogens with zero attached hydrogens (tertiary/aromatic N) is 1. The largest absolute Gasteiger partial charge is 0.772 e. The van der Waals surface area contributed by atoms with Crippen molar-refractivity contribution in [1.29, 1.82) is 0 Å². The van der Waals surface area contributed by atoms with E-state index in [0.29, 0.717) is 16.7 Å². The van der Waals surface area contributed by atoms with Crippen LogP contribution in [0.4, 0.5) is 19.0 Å². The van der Waals surface area contributed by atoms with Gasteiger partial charge in [-0.1, -0.05) is 47.5 Å². The van der Waals surface area contributed by atoms with Gasteiger partial charge in [0, 0.05) is 23.1 Å². The number of nitrogens with two attached hydrogens (primary N) is 1. The zero-order valence-corrected chi connectivity index (χ0v) is 15.1. The topological polar surface area (TPSA) is 88.3 Å². The second kappa shape index (κ2) is 7.99. The SMILES string of the molecule is Nc1ncc(-c2ccc(CS(=O)[O-])cc2)cc1-c1ccc(OC(F)(F)F)cc1. The van der Waals surface area contributed by atoms with Crippen molar-refractivity contribution in [2.75, 3.05) is 5.73 Å². The molecule has 1 atom stereocenters. The fourth-order valence-corrected chi connectivity index (χ4v) is 3.09. The van der Waals surface area contributed by atoms with E-state index in [1.54, 1.807) is 36.5 Å². The van der Waals surface area contributed by atoms with E-state index in [1.807, 2.05) is 0 Å². The molecule has 3 rings (SSSR count). The average Bonchev–Trinajstić information content (AvgIpc) is 2.62. The number of alkyl halides is 3. The number of benzene rings is 2. The lowest BCUT2D eigenvalue weighted by Crippen LogP contribution is -2.16. The van der Waals surface area contributed by atoms with Crippen molar-refractivity contribution in [3.63, 3.8) is 0 Å². The van der Waals surface area contributed by atoms with Crippen molar-refractivity contribution in [3.05, 3.63) is 66.4 Å². The highest BCUT2D eigenvalue weighted by molar-refractivity contribution is 7.78. The maximum Gasteiger partial charge on any atom is 0.573 e. The third-order valence-corrected chi connectivity index (χ3v) is 4.46. The molecular weight excluding hydrogens is 393 g/mol. The summed E-state index contributed by atoms with van der Waals surface area (Å²) in [7, 11) is 0. The van der Waals surface area contributed by atoms with Gasteiger partial charge in [0.2, 0.25) is 0 Å². The molecule has 0 spiro atoms. The predicted octanol–water partition coefficient (Wildman–Crippen LogP) is 4.28. The van der Waals surface area contributed by atoms with Crippen molar-refractivity contribution in [3.8, 4) is 28.0 Å². The second-order valence-corrected chi connectivity index (χ2v) is 6.77. The molecule has 0 fully saturated rings. The Bertz CT molecular complexity index is 991. The molecule has 2 aromatic carbocycles. The van der Waals surface area contributed by atoms with Crippen LogP contribution in [0.3, 0.4) is 0 Å². The minimum Gasteiger partial charge on any atom is -0.772 e. The van der Waals surface area contributed by atoms with E-state index < -0.39 is 17.4 Å². The lowest BCUT2D eigenvalue weighted by atomic mass is 10.0. The third-order valence-electron chi connectivity index (χ3n) is 3.89. The predicted molar refractivity (Wildman–Crippen MR) is 98.8 cm³/mol. The Morgan fingerprint density at radius 2 is 1.61 bits per heavy atom. The summed E-state index contributed by atoms with van der Waals surface area (Å²) in [6, 6.07) is 14.0. The van der Waals surface area contributed by atoms with Gasteiger partial charge in [0.25, 0.3) is 0 Å². The monoisotopic (exact) mass is 407 g/mol. The minimum atomic E-state index is -4.76. The highest BCUT2D eigenvalue weighted by atomic mass is 32.2. The van der Waals surface area contributed by atoms with E-state index in [4.69, 9.17) is 5.73 Å². The summed E-state index contributed by atoms with van der Waals surface area (Å²) in [5.41, 5.74) is 9.25. The molecule has 0 saturated carbocycles. The standard InChI is InChI=1S/C19H15F3N2O3S/c20-19(21,22)27-16-7-5-14(6-8-16)17-9-15(10-24-18(17)23)13-3-1-12(2-4-13)11-28(25)26/h1-10H,11H2,(H2,23,24)(H,25,26)/p-1. The van der Waals surface area contributed by atoms with Crippen LogP contribution in [-0.4, -0.2) is 20.1 Å². The van der Waals surface area contributed by atoms with Crippen LogP contribution in [-0.2, 0) is 16.8 Å². The summed E-state index contributed by atoms with van der Waals surface area (Å²) >= 11 is -2.17. The number of hydrogen-bond acceptors (Lipinski definition) is 5. The number of rotatable bonds is 5. The van der Waals surface area contributed by atoms with Crippen LogP contribution in [0, 0.1) is 0 Å². The average molecular weight is 407 g/mol. The first-order valence-electron chi connectivity index (χ1n) is 7.98.